The van der Waals surface area contributed by atoms with Gasteiger partial charge in [0.05, 0.1) is 11.7 Å². The minimum atomic E-state index is -0.0339. The highest BCUT2D eigenvalue weighted by molar-refractivity contribution is 7.99. The summed E-state index contributed by atoms with van der Waals surface area (Å²) < 4.78 is 0. The molecule has 1 aromatic carbocycles. The van der Waals surface area contributed by atoms with E-state index in [9.17, 15) is 9.59 Å². The minimum absolute atomic E-state index is 0.00613. The van der Waals surface area contributed by atoms with Gasteiger partial charge in [-0.25, -0.2) is 0 Å². The predicted molar refractivity (Wildman–Crippen MR) is 124 cm³/mol. The molecule has 31 heavy (non-hydrogen) atoms. The van der Waals surface area contributed by atoms with Gasteiger partial charge >= 0.3 is 0 Å². The molecule has 0 radical (unpaired) electrons. The Bertz CT molecular complexity index is 857. The number of hydrogen-bond donors (Lipinski definition) is 2. The molecule has 8 heteroatoms. The molecule has 2 heterocycles. The van der Waals surface area contributed by atoms with Crippen LogP contribution in [-0.4, -0.2) is 47.4 Å². The van der Waals surface area contributed by atoms with Crippen molar-refractivity contribution in [1.82, 2.24) is 20.8 Å². The van der Waals surface area contributed by atoms with Gasteiger partial charge in [-0.05, 0) is 43.9 Å². The number of nitrogens with one attached hydrogen (secondary N) is 2. The zero-order chi connectivity index (χ0) is 22.1. The van der Waals surface area contributed by atoms with E-state index in [4.69, 9.17) is 0 Å². The maximum absolute atomic E-state index is 12.3. The van der Waals surface area contributed by atoms with Crippen molar-refractivity contribution in [2.45, 2.75) is 44.7 Å². The molecule has 0 spiro atoms. The Morgan fingerprint density at radius 2 is 1.94 bits per heavy atom. The van der Waals surface area contributed by atoms with Crippen LogP contribution in [0.3, 0.4) is 0 Å². The second kappa shape index (κ2) is 11.7. The van der Waals surface area contributed by atoms with Gasteiger partial charge in [-0.15, -0.1) is 10.2 Å². The smallest absolute Gasteiger partial charge is 0.230 e. The highest BCUT2D eigenvalue weighted by atomic mass is 32.2. The summed E-state index contributed by atoms with van der Waals surface area (Å²) in [7, 11) is 0. The number of piperidine rings is 1. The molecule has 2 aromatic rings. The van der Waals surface area contributed by atoms with Gasteiger partial charge in [0.25, 0.3) is 0 Å². The first-order valence-corrected chi connectivity index (χ1v) is 11.8. The molecular weight excluding hydrogens is 410 g/mol. The average molecular weight is 442 g/mol. The first kappa shape index (κ1) is 23.1. The summed E-state index contributed by atoms with van der Waals surface area (Å²) in [5.41, 5.74) is 2.28. The fourth-order valence-electron chi connectivity index (χ4n) is 3.45. The average Bonchev–Trinajstić information content (AvgIpc) is 2.81. The molecule has 0 saturated carbocycles. The number of rotatable bonds is 9. The van der Waals surface area contributed by atoms with Crippen LogP contribution in [0.15, 0.2) is 41.4 Å². The Labute approximate surface area is 188 Å². The number of carbonyl (C=O) groups excluding carboxylic acids is 2. The zero-order valence-corrected chi connectivity index (χ0v) is 19.1. The summed E-state index contributed by atoms with van der Waals surface area (Å²) in [6.07, 6.45) is 2.81. The molecular formula is C23H31N5O2S. The van der Waals surface area contributed by atoms with E-state index >= 15 is 0 Å². The molecule has 0 bridgehead atoms. The topological polar surface area (TPSA) is 87.2 Å². The van der Waals surface area contributed by atoms with Crippen molar-refractivity contribution in [2.75, 3.05) is 30.3 Å². The van der Waals surface area contributed by atoms with E-state index in [1.165, 1.54) is 17.3 Å². The van der Waals surface area contributed by atoms with Gasteiger partial charge < -0.3 is 15.5 Å². The Kier molecular flexibility index (Phi) is 8.70. The third-order valence-corrected chi connectivity index (χ3v) is 6.17. The molecule has 0 aliphatic carbocycles. The number of hydrogen-bond acceptors (Lipinski definition) is 6. The van der Waals surface area contributed by atoms with E-state index in [0.717, 1.165) is 43.7 Å². The lowest BCUT2D eigenvalue weighted by Crippen LogP contribution is -2.43. The molecule has 1 fully saturated rings. The normalized spacial score (nSPS) is 16.1. The van der Waals surface area contributed by atoms with Crippen molar-refractivity contribution in [3.8, 4) is 0 Å². The van der Waals surface area contributed by atoms with E-state index in [1.54, 1.807) is 0 Å². The molecule has 0 unspecified atom stereocenters. The van der Waals surface area contributed by atoms with Crippen molar-refractivity contribution in [3.05, 3.63) is 47.5 Å². The lowest BCUT2D eigenvalue weighted by Gasteiger charge is -2.32. The fraction of sp³-hybridized carbons (Fsp3) is 0.478. The lowest BCUT2D eigenvalue weighted by atomic mass is 9.97. The van der Waals surface area contributed by atoms with Crippen molar-refractivity contribution in [3.63, 3.8) is 0 Å². The highest BCUT2D eigenvalue weighted by Gasteiger charge is 2.26. The van der Waals surface area contributed by atoms with Gasteiger partial charge in [0.1, 0.15) is 5.03 Å². The number of benzene rings is 1. The van der Waals surface area contributed by atoms with E-state index in [-0.39, 0.29) is 17.7 Å². The Hall–Kier alpha value is -2.61. The highest BCUT2D eigenvalue weighted by Crippen LogP contribution is 2.23. The van der Waals surface area contributed by atoms with Crippen molar-refractivity contribution in [1.29, 1.82) is 0 Å². The van der Waals surface area contributed by atoms with Crippen LogP contribution in [0.1, 0.15) is 37.3 Å². The number of thioether (sulfide) groups is 1. The Morgan fingerprint density at radius 3 is 2.65 bits per heavy atom. The largest absolute Gasteiger partial charge is 0.356 e. The molecule has 1 saturated heterocycles. The summed E-state index contributed by atoms with van der Waals surface area (Å²) in [6.45, 7) is 6.87. The fourth-order valence-corrected chi connectivity index (χ4v) is 4.09. The first-order chi connectivity index (χ1) is 15.0. The van der Waals surface area contributed by atoms with Gasteiger partial charge in [-0.2, -0.15) is 0 Å². The van der Waals surface area contributed by atoms with Crippen molar-refractivity contribution < 1.29 is 9.59 Å². The number of nitrogens with zero attached hydrogens (tertiary/aromatic N) is 3. The molecule has 7 nitrogen and oxygen atoms in total. The van der Waals surface area contributed by atoms with Gasteiger partial charge in [-0.3, -0.25) is 9.59 Å². The summed E-state index contributed by atoms with van der Waals surface area (Å²) in [4.78, 5) is 26.5. The third-order valence-electron chi connectivity index (χ3n) is 5.25. The maximum atomic E-state index is 12.3. The molecule has 166 valence electrons. The standard InChI is InChI=1S/C23H31N5O2S/c1-3-12-24-23(30)19-5-4-13-28(15-19)20-10-11-22(27-26-20)31-16-21(29)25-14-18-8-6-17(2)7-9-18/h6-11,19H,3-5,12-16H2,1-2H3,(H,24,30)(H,25,29)/t19-/m1/s1. The van der Waals surface area contributed by atoms with Crippen LogP contribution in [0.25, 0.3) is 0 Å². The predicted octanol–water partition coefficient (Wildman–Crippen LogP) is 2.94. The summed E-state index contributed by atoms with van der Waals surface area (Å²) in [6, 6.07) is 11.9. The van der Waals surface area contributed by atoms with Crippen LogP contribution in [0.2, 0.25) is 0 Å². The van der Waals surface area contributed by atoms with Crippen LogP contribution < -0.4 is 15.5 Å². The quantitative estimate of drug-likeness (QED) is 0.582. The van der Waals surface area contributed by atoms with Gasteiger partial charge in [0.15, 0.2) is 5.82 Å². The minimum Gasteiger partial charge on any atom is -0.356 e. The zero-order valence-electron chi connectivity index (χ0n) is 18.3. The monoisotopic (exact) mass is 441 g/mol. The molecule has 2 N–H and O–H groups in total. The maximum Gasteiger partial charge on any atom is 0.230 e. The molecule has 1 aliphatic rings. The number of carbonyl (C=O) groups is 2. The molecule has 1 atom stereocenters. The van der Waals surface area contributed by atoms with Crippen LogP contribution in [0, 0.1) is 12.8 Å². The number of amides is 2. The van der Waals surface area contributed by atoms with Gasteiger partial charge in [0, 0.05) is 26.2 Å². The second-order valence-corrected chi connectivity index (χ2v) is 8.85. The van der Waals surface area contributed by atoms with Gasteiger partial charge in [-0.1, -0.05) is 48.5 Å². The van der Waals surface area contributed by atoms with Crippen LogP contribution >= 0.6 is 11.8 Å². The van der Waals surface area contributed by atoms with Crippen LogP contribution in [-0.2, 0) is 16.1 Å². The van der Waals surface area contributed by atoms with Crippen molar-refractivity contribution in [2.24, 2.45) is 5.92 Å². The van der Waals surface area contributed by atoms with E-state index in [2.05, 4.69) is 32.7 Å². The first-order valence-electron chi connectivity index (χ1n) is 10.9. The van der Waals surface area contributed by atoms with E-state index in [1.807, 2.05) is 43.3 Å². The Balaban J connectivity index is 1.44. The number of aryl methyl sites for hydroxylation is 1. The summed E-state index contributed by atoms with van der Waals surface area (Å²) >= 11 is 1.37. The molecule has 2 amide bonds. The van der Waals surface area contributed by atoms with E-state index < -0.39 is 0 Å². The Morgan fingerprint density at radius 1 is 1.13 bits per heavy atom. The molecule has 3 rings (SSSR count). The number of anilines is 1. The molecule has 1 aliphatic heterocycles. The van der Waals surface area contributed by atoms with E-state index in [0.29, 0.717) is 23.9 Å². The van der Waals surface area contributed by atoms with Crippen molar-refractivity contribution >= 4 is 29.4 Å². The summed E-state index contributed by atoms with van der Waals surface area (Å²) in [5.74, 6) is 1.16. The SMILES string of the molecule is CCCNC(=O)[C@@H]1CCCN(c2ccc(SCC(=O)NCc3ccc(C)cc3)nn2)C1. The third kappa shape index (κ3) is 7.24. The van der Waals surface area contributed by atoms with Gasteiger partial charge in [0.2, 0.25) is 11.8 Å². The molecule has 1 aromatic heterocycles. The van der Waals surface area contributed by atoms with Crippen LogP contribution in [0.4, 0.5) is 5.82 Å². The van der Waals surface area contributed by atoms with Crippen LogP contribution in [0.5, 0.6) is 0 Å². The second-order valence-electron chi connectivity index (χ2n) is 7.86. The summed E-state index contributed by atoms with van der Waals surface area (Å²) in [5, 5.41) is 15.2. The lowest BCUT2D eigenvalue weighted by molar-refractivity contribution is -0.125. The number of aromatic nitrogens is 2.